The Morgan fingerprint density at radius 1 is 1.43 bits per heavy atom. The molecule has 1 aromatic rings. The highest BCUT2D eigenvalue weighted by molar-refractivity contribution is 7.89. The number of sulfonamides is 1. The number of rotatable bonds is 7. The number of hydrogen-bond donors (Lipinski definition) is 2. The number of hydrogen-bond acceptors (Lipinski definition) is 4. The normalized spacial score (nSPS) is 18.8. The molecule has 0 aliphatic heterocycles. The molecule has 1 aliphatic carbocycles. The van der Waals surface area contributed by atoms with Crippen molar-refractivity contribution in [1.82, 2.24) is 14.5 Å². The Kier molecular flexibility index (Phi) is 5.78. The molecule has 1 atom stereocenters. The molecule has 120 valence electrons. The van der Waals surface area contributed by atoms with Gasteiger partial charge in [-0.15, -0.1) is 0 Å². The number of aromatic nitrogens is 2. The van der Waals surface area contributed by atoms with Gasteiger partial charge in [0.15, 0.2) is 0 Å². The summed E-state index contributed by atoms with van der Waals surface area (Å²) in [6, 6.07) is -0.00325. The fourth-order valence-corrected chi connectivity index (χ4v) is 4.36. The molecule has 1 unspecified atom stereocenters. The fraction of sp³-hybridized carbons (Fsp3) is 0.786. The first-order chi connectivity index (χ1) is 10.1. The first-order valence-electron chi connectivity index (χ1n) is 7.72. The molecule has 6 nitrogen and oxygen atoms in total. The molecule has 1 fully saturated rings. The largest absolute Gasteiger partial charge is 0.394 e. The predicted octanol–water partition coefficient (Wildman–Crippen LogP) is 1.51. The van der Waals surface area contributed by atoms with E-state index in [1.807, 2.05) is 6.92 Å². The number of aliphatic hydroxyl groups excluding tert-OH is 1. The minimum absolute atomic E-state index is 0.00325. The second kappa shape index (κ2) is 7.38. The van der Waals surface area contributed by atoms with Crippen molar-refractivity contribution in [2.24, 2.45) is 5.92 Å². The predicted molar refractivity (Wildman–Crippen MR) is 80.3 cm³/mol. The van der Waals surface area contributed by atoms with Crippen molar-refractivity contribution in [3.8, 4) is 0 Å². The molecule has 0 saturated heterocycles. The van der Waals surface area contributed by atoms with Crippen LogP contribution in [0.1, 0.15) is 45.4 Å². The lowest BCUT2D eigenvalue weighted by Crippen LogP contribution is -2.40. The standard InChI is InChI=1S/C14H25N3O3S/c1-2-14(12-6-4-3-5-7-12)16-21(19,20)13-10-15-17(11-13)8-9-18/h10-12,14,16,18H,2-9H2,1H3. The molecule has 2 N–H and O–H groups in total. The van der Waals surface area contributed by atoms with Crippen LogP contribution in [0.15, 0.2) is 17.3 Å². The average molecular weight is 315 g/mol. The van der Waals surface area contributed by atoms with Crippen molar-refractivity contribution in [2.75, 3.05) is 6.61 Å². The van der Waals surface area contributed by atoms with Crippen molar-refractivity contribution in [2.45, 2.75) is 62.9 Å². The molecule has 2 rings (SSSR count). The molecule has 0 spiro atoms. The zero-order chi connectivity index (χ0) is 15.3. The minimum Gasteiger partial charge on any atom is -0.394 e. The van der Waals surface area contributed by atoms with E-state index in [1.54, 1.807) is 0 Å². The van der Waals surface area contributed by atoms with E-state index in [0.717, 1.165) is 19.3 Å². The van der Waals surface area contributed by atoms with Crippen LogP contribution in [-0.4, -0.2) is 36.0 Å². The van der Waals surface area contributed by atoms with Crippen molar-refractivity contribution < 1.29 is 13.5 Å². The molecule has 1 aliphatic rings. The molecule has 7 heteroatoms. The van der Waals surface area contributed by atoms with Crippen molar-refractivity contribution in [3.05, 3.63) is 12.4 Å². The van der Waals surface area contributed by atoms with E-state index in [0.29, 0.717) is 12.5 Å². The van der Waals surface area contributed by atoms with Gasteiger partial charge >= 0.3 is 0 Å². The Labute approximate surface area is 126 Å². The molecule has 1 heterocycles. The summed E-state index contributed by atoms with van der Waals surface area (Å²) in [6.07, 6.45) is 9.45. The Bertz CT molecular complexity index is 535. The molecule has 1 saturated carbocycles. The lowest BCUT2D eigenvalue weighted by molar-refractivity contribution is 0.269. The lowest BCUT2D eigenvalue weighted by atomic mass is 9.83. The van der Waals surface area contributed by atoms with Crippen LogP contribution in [-0.2, 0) is 16.6 Å². The van der Waals surface area contributed by atoms with E-state index >= 15 is 0 Å². The van der Waals surface area contributed by atoms with Crippen molar-refractivity contribution in [3.63, 3.8) is 0 Å². The van der Waals surface area contributed by atoms with Crippen LogP contribution in [0.2, 0.25) is 0 Å². The van der Waals surface area contributed by atoms with Gasteiger partial charge in [0.25, 0.3) is 0 Å². The van der Waals surface area contributed by atoms with E-state index in [1.165, 1.54) is 36.3 Å². The number of aliphatic hydroxyl groups is 1. The summed E-state index contributed by atoms with van der Waals surface area (Å²) in [4.78, 5) is 0.171. The molecule has 21 heavy (non-hydrogen) atoms. The highest BCUT2D eigenvalue weighted by Gasteiger charge is 2.27. The van der Waals surface area contributed by atoms with Gasteiger partial charge in [-0.2, -0.15) is 5.10 Å². The summed E-state index contributed by atoms with van der Waals surface area (Å²) < 4.78 is 29.2. The summed E-state index contributed by atoms with van der Waals surface area (Å²) in [7, 11) is -3.53. The quantitative estimate of drug-likeness (QED) is 0.799. The van der Waals surface area contributed by atoms with Gasteiger partial charge in [-0.05, 0) is 25.2 Å². The topological polar surface area (TPSA) is 84.2 Å². The van der Waals surface area contributed by atoms with Crippen LogP contribution in [0.3, 0.4) is 0 Å². The zero-order valence-electron chi connectivity index (χ0n) is 12.5. The first kappa shape index (κ1) is 16.5. The first-order valence-corrected chi connectivity index (χ1v) is 9.20. The van der Waals surface area contributed by atoms with Gasteiger partial charge in [-0.3, -0.25) is 4.68 Å². The third-order valence-corrected chi connectivity index (χ3v) is 5.66. The van der Waals surface area contributed by atoms with E-state index in [9.17, 15) is 8.42 Å². The molecule has 0 radical (unpaired) electrons. The van der Waals surface area contributed by atoms with Crippen LogP contribution in [0.25, 0.3) is 0 Å². The summed E-state index contributed by atoms with van der Waals surface area (Å²) in [5, 5.41) is 12.8. The SMILES string of the molecule is CCC(NS(=O)(=O)c1cnn(CCO)c1)C1CCCCC1. The molecule has 0 aromatic carbocycles. The maximum atomic E-state index is 12.4. The molecular formula is C14H25N3O3S. The highest BCUT2D eigenvalue weighted by atomic mass is 32.2. The lowest BCUT2D eigenvalue weighted by Gasteiger charge is -2.29. The molecule has 1 aromatic heterocycles. The van der Waals surface area contributed by atoms with Gasteiger partial charge < -0.3 is 5.11 Å². The Hall–Kier alpha value is -0.920. The van der Waals surface area contributed by atoms with Crippen LogP contribution in [0.4, 0.5) is 0 Å². The fourth-order valence-electron chi connectivity index (χ4n) is 3.02. The zero-order valence-corrected chi connectivity index (χ0v) is 13.3. The third-order valence-electron chi connectivity index (χ3n) is 4.21. The van der Waals surface area contributed by atoms with E-state index in [4.69, 9.17) is 5.11 Å². The highest BCUT2D eigenvalue weighted by Crippen LogP contribution is 2.28. The molecular weight excluding hydrogens is 290 g/mol. The summed E-state index contributed by atoms with van der Waals surface area (Å²) in [6.45, 7) is 2.26. The van der Waals surface area contributed by atoms with Crippen LogP contribution in [0, 0.1) is 5.92 Å². The maximum Gasteiger partial charge on any atom is 0.243 e. The van der Waals surface area contributed by atoms with E-state index < -0.39 is 10.0 Å². The van der Waals surface area contributed by atoms with Gasteiger partial charge in [-0.25, -0.2) is 13.1 Å². The monoisotopic (exact) mass is 315 g/mol. The summed E-state index contributed by atoms with van der Waals surface area (Å²) in [5.74, 6) is 0.436. The van der Waals surface area contributed by atoms with Gasteiger partial charge in [0.1, 0.15) is 4.90 Å². The molecule has 0 bridgehead atoms. The van der Waals surface area contributed by atoms with Gasteiger partial charge in [-0.1, -0.05) is 26.2 Å². The van der Waals surface area contributed by atoms with Gasteiger partial charge in [0.05, 0.1) is 19.3 Å². The maximum absolute atomic E-state index is 12.4. The van der Waals surface area contributed by atoms with E-state index in [2.05, 4.69) is 9.82 Å². The van der Waals surface area contributed by atoms with Crippen LogP contribution >= 0.6 is 0 Å². The Morgan fingerprint density at radius 2 is 2.14 bits per heavy atom. The van der Waals surface area contributed by atoms with Crippen molar-refractivity contribution in [1.29, 1.82) is 0 Å². The van der Waals surface area contributed by atoms with Crippen molar-refractivity contribution >= 4 is 10.0 Å². The van der Waals surface area contributed by atoms with Crippen LogP contribution in [0.5, 0.6) is 0 Å². The summed E-state index contributed by atoms with van der Waals surface area (Å²) in [5.41, 5.74) is 0. The second-order valence-corrected chi connectivity index (χ2v) is 7.41. The van der Waals surface area contributed by atoms with Crippen LogP contribution < -0.4 is 4.72 Å². The molecule has 0 amide bonds. The smallest absolute Gasteiger partial charge is 0.243 e. The number of nitrogens with zero attached hydrogens (tertiary/aromatic N) is 2. The van der Waals surface area contributed by atoms with Gasteiger partial charge in [0.2, 0.25) is 10.0 Å². The summed E-state index contributed by atoms with van der Waals surface area (Å²) >= 11 is 0. The van der Waals surface area contributed by atoms with Gasteiger partial charge in [0, 0.05) is 12.2 Å². The number of nitrogens with one attached hydrogen (secondary N) is 1. The van der Waals surface area contributed by atoms with E-state index in [-0.39, 0.29) is 17.5 Å². The Balaban J connectivity index is 2.06. The third kappa shape index (κ3) is 4.28. The second-order valence-electron chi connectivity index (χ2n) is 5.70. The average Bonchev–Trinajstić information content (AvgIpc) is 2.96. The minimum atomic E-state index is -3.53. The Morgan fingerprint density at radius 3 is 2.76 bits per heavy atom.